The van der Waals surface area contributed by atoms with E-state index in [2.05, 4.69) is 15.6 Å². The molecular weight excluding hydrogens is 250 g/mol. The third-order valence-corrected chi connectivity index (χ3v) is 3.43. The van der Waals surface area contributed by atoms with Crippen molar-refractivity contribution in [2.75, 3.05) is 18.9 Å². The first kappa shape index (κ1) is 13.1. The summed E-state index contributed by atoms with van der Waals surface area (Å²) in [5.41, 5.74) is 0.474. The van der Waals surface area contributed by atoms with Crippen LogP contribution in [0.3, 0.4) is 0 Å². The number of carbonyl (C=O) groups excluding carboxylic acids is 1. The van der Waals surface area contributed by atoms with Crippen LogP contribution in [0.1, 0.15) is 36.0 Å². The van der Waals surface area contributed by atoms with E-state index in [1.54, 1.807) is 13.1 Å². The molecule has 1 heterocycles. The van der Waals surface area contributed by atoms with Gasteiger partial charge < -0.3 is 10.6 Å². The number of carbonyl (C=O) groups is 1. The molecular formula is C13H18ClN3O. The van der Waals surface area contributed by atoms with Gasteiger partial charge >= 0.3 is 0 Å². The molecule has 0 aromatic carbocycles. The molecule has 18 heavy (non-hydrogen) atoms. The van der Waals surface area contributed by atoms with Gasteiger partial charge in [-0.2, -0.15) is 0 Å². The Morgan fingerprint density at radius 1 is 1.56 bits per heavy atom. The van der Waals surface area contributed by atoms with E-state index in [1.165, 1.54) is 25.5 Å². The Morgan fingerprint density at radius 3 is 3.00 bits per heavy atom. The van der Waals surface area contributed by atoms with Gasteiger partial charge in [0.25, 0.3) is 5.91 Å². The largest absolute Gasteiger partial charge is 0.373 e. The van der Waals surface area contributed by atoms with Gasteiger partial charge in [-0.3, -0.25) is 4.79 Å². The van der Waals surface area contributed by atoms with Crippen molar-refractivity contribution in [1.82, 2.24) is 10.3 Å². The van der Waals surface area contributed by atoms with Gasteiger partial charge in [-0.15, -0.1) is 0 Å². The number of nitrogens with zero attached hydrogens (tertiary/aromatic N) is 1. The first-order chi connectivity index (χ1) is 8.70. The molecule has 1 aliphatic rings. The van der Waals surface area contributed by atoms with Crippen LogP contribution in [0.2, 0.25) is 5.02 Å². The Labute approximate surface area is 112 Å². The van der Waals surface area contributed by atoms with Gasteiger partial charge in [-0.05, 0) is 24.8 Å². The van der Waals surface area contributed by atoms with E-state index in [0.717, 1.165) is 12.3 Å². The molecule has 2 rings (SSSR count). The zero-order valence-electron chi connectivity index (χ0n) is 10.5. The number of anilines is 1. The van der Waals surface area contributed by atoms with E-state index in [-0.39, 0.29) is 5.91 Å². The van der Waals surface area contributed by atoms with Crippen molar-refractivity contribution in [3.63, 3.8) is 0 Å². The first-order valence-electron chi connectivity index (χ1n) is 6.32. The van der Waals surface area contributed by atoms with Crippen LogP contribution in [0.4, 0.5) is 5.82 Å². The normalized spacial score (nSPS) is 14.3. The number of halogens is 1. The van der Waals surface area contributed by atoms with Crippen molar-refractivity contribution >= 4 is 23.3 Å². The van der Waals surface area contributed by atoms with Gasteiger partial charge in [-0.25, -0.2) is 4.98 Å². The van der Waals surface area contributed by atoms with Crippen molar-refractivity contribution in [3.05, 3.63) is 22.8 Å². The lowest BCUT2D eigenvalue weighted by Gasteiger charge is -2.08. The van der Waals surface area contributed by atoms with E-state index >= 15 is 0 Å². The Bertz CT molecular complexity index is 432. The molecule has 1 amide bonds. The average Bonchev–Trinajstić information content (AvgIpc) is 3.19. The number of nitrogens with one attached hydrogen (secondary N) is 2. The minimum absolute atomic E-state index is 0.130. The van der Waals surface area contributed by atoms with Crippen molar-refractivity contribution in [3.8, 4) is 0 Å². The van der Waals surface area contributed by atoms with Crippen molar-refractivity contribution in [2.24, 2.45) is 5.92 Å². The zero-order valence-corrected chi connectivity index (χ0v) is 11.3. The fraction of sp³-hybridized carbons (Fsp3) is 0.538. The molecule has 1 fully saturated rings. The van der Waals surface area contributed by atoms with Crippen LogP contribution in [-0.2, 0) is 0 Å². The van der Waals surface area contributed by atoms with Gasteiger partial charge in [0.2, 0.25) is 0 Å². The van der Waals surface area contributed by atoms with Crippen LogP contribution in [0.15, 0.2) is 12.3 Å². The monoisotopic (exact) mass is 267 g/mol. The Hall–Kier alpha value is -1.29. The molecule has 5 heteroatoms. The topological polar surface area (TPSA) is 54.0 Å². The van der Waals surface area contributed by atoms with E-state index in [4.69, 9.17) is 11.6 Å². The molecule has 1 aliphatic carbocycles. The molecule has 1 saturated carbocycles. The molecule has 0 spiro atoms. The lowest BCUT2D eigenvalue weighted by atomic mass is 10.2. The van der Waals surface area contributed by atoms with Crippen LogP contribution in [0.25, 0.3) is 0 Å². The summed E-state index contributed by atoms with van der Waals surface area (Å²) in [7, 11) is 1.76. The van der Waals surface area contributed by atoms with Crippen LogP contribution < -0.4 is 10.6 Å². The predicted octanol–water partition coefficient (Wildman–Crippen LogP) is 2.70. The summed E-state index contributed by atoms with van der Waals surface area (Å²) >= 11 is 5.97. The number of amides is 1. The smallest absolute Gasteiger partial charge is 0.252 e. The number of aromatic nitrogens is 1. The third kappa shape index (κ3) is 3.60. The Balaban J connectivity index is 1.86. The van der Waals surface area contributed by atoms with Crippen molar-refractivity contribution in [2.45, 2.75) is 25.7 Å². The fourth-order valence-electron chi connectivity index (χ4n) is 1.84. The second kappa shape index (κ2) is 6.05. The van der Waals surface area contributed by atoms with E-state index in [9.17, 15) is 4.79 Å². The van der Waals surface area contributed by atoms with Gasteiger partial charge in [-0.1, -0.05) is 24.4 Å². The summed E-state index contributed by atoms with van der Waals surface area (Å²) in [5, 5.41) is 6.17. The highest BCUT2D eigenvalue weighted by atomic mass is 35.5. The minimum Gasteiger partial charge on any atom is -0.373 e. The molecule has 0 aliphatic heterocycles. The van der Waals surface area contributed by atoms with Crippen LogP contribution in [0, 0.1) is 5.92 Å². The summed E-state index contributed by atoms with van der Waals surface area (Å²) in [6.07, 6.45) is 6.46. The maximum atomic E-state index is 11.9. The average molecular weight is 268 g/mol. The minimum atomic E-state index is -0.130. The second-order valence-corrected chi connectivity index (χ2v) is 5.05. The quantitative estimate of drug-likeness (QED) is 0.779. The maximum absolute atomic E-state index is 11.9. The molecule has 1 aromatic rings. The molecule has 0 radical (unpaired) electrons. The molecule has 0 unspecified atom stereocenters. The zero-order chi connectivity index (χ0) is 13.0. The highest BCUT2D eigenvalue weighted by molar-refractivity contribution is 6.33. The molecule has 4 nitrogen and oxygen atoms in total. The van der Waals surface area contributed by atoms with Crippen LogP contribution in [0.5, 0.6) is 0 Å². The van der Waals surface area contributed by atoms with Gasteiger partial charge in [0.1, 0.15) is 5.82 Å². The molecule has 0 saturated heterocycles. The lowest BCUT2D eigenvalue weighted by molar-refractivity contribution is 0.0953. The highest BCUT2D eigenvalue weighted by Crippen LogP contribution is 2.33. The van der Waals surface area contributed by atoms with Crippen molar-refractivity contribution < 1.29 is 4.79 Å². The van der Waals surface area contributed by atoms with Gasteiger partial charge in [0.15, 0.2) is 0 Å². The van der Waals surface area contributed by atoms with Crippen LogP contribution in [-0.4, -0.2) is 24.5 Å². The molecule has 1 aromatic heterocycles. The van der Waals surface area contributed by atoms with E-state index < -0.39 is 0 Å². The summed E-state index contributed by atoms with van der Waals surface area (Å²) in [4.78, 5) is 16.0. The molecule has 98 valence electrons. The third-order valence-electron chi connectivity index (χ3n) is 3.13. The highest BCUT2D eigenvalue weighted by Gasteiger charge is 2.20. The van der Waals surface area contributed by atoms with Gasteiger partial charge in [0, 0.05) is 19.8 Å². The molecule has 0 bridgehead atoms. The summed E-state index contributed by atoms with van der Waals surface area (Å²) < 4.78 is 0. The summed E-state index contributed by atoms with van der Waals surface area (Å²) in [6.45, 7) is 0.711. The predicted molar refractivity (Wildman–Crippen MR) is 73.1 cm³/mol. The van der Waals surface area contributed by atoms with Crippen LogP contribution >= 0.6 is 11.6 Å². The van der Waals surface area contributed by atoms with Crippen molar-refractivity contribution in [1.29, 1.82) is 0 Å². The first-order valence-corrected chi connectivity index (χ1v) is 6.70. The lowest BCUT2D eigenvalue weighted by Crippen LogP contribution is -2.25. The number of pyridine rings is 1. The Morgan fingerprint density at radius 2 is 2.33 bits per heavy atom. The molecule has 2 N–H and O–H groups in total. The summed E-state index contributed by atoms with van der Waals surface area (Å²) in [5.74, 6) is 1.42. The van der Waals surface area contributed by atoms with E-state index in [1.807, 2.05) is 0 Å². The SMILES string of the molecule is CNc1cc(C(=O)NCCCC2CC2)c(Cl)cn1. The van der Waals surface area contributed by atoms with E-state index in [0.29, 0.717) is 22.9 Å². The number of hydrogen-bond donors (Lipinski definition) is 2. The second-order valence-electron chi connectivity index (χ2n) is 4.64. The number of rotatable bonds is 6. The Kier molecular flexibility index (Phi) is 4.42. The van der Waals surface area contributed by atoms with Gasteiger partial charge in [0.05, 0.1) is 10.6 Å². The maximum Gasteiger partial charge on any atom is 0.252 e. The summed E-state index contributed by atoms with van der Waals surface area (Å²) in [6, 6.07) is 1.67. The fourth-order valence-corrected chi connectivity index (χ4v) is 2.03. The number of hydrogen-bond acceptors (Lipinski definition) is 3. The standard InChI is InChI=1S/C13H18ClN3O/c1-15-12-7-10(11(14)8-17-12)13(18)16-6-2-3-9-4-5-9/h7-9H,2-6H2,1H3,(H,15,17)(H,16,18). The molecule has 0 atom stereocenters.